The largest absolute Gasteiger partial charge is 0.485 e. The van der Waals surface area contributed by atoms with E-state index < -0.39 is 17.9 Å². The van der Waals surface area contributed by atoms with Crippen LogP contribution in [0, 0.1) is 6.92 Å². The van der Waals surface area contributed by atoms with E-state index in [9.17, 15) is 9.59 Å². The Hall–Kier alpha value is -3.81. The van der Waals surface area contributed by atoms with Crippen molar-refractivity contribution < 1.29 is 19.1 Å². The number of nitrogens with one attached hydrogen (secondary N) is 3. The maximum absolute atomic E-state index is 12.2. The van der Waals surface area contributed by atoms with Gasteiger partial charge in [-0.3, -0.25) is 9.59 Å². The van der Waals surface area contributed by atoms with Crippen molar-refractivity contribution in [2.45, 2.75) is 13.0 Å². The first-order chi connectivity index (χ1) is 14.1. The first kappa shape index (κ1) is 18.5. The highest BCUT2D eigenvalue weighted by molar-refractivity contribution is 6.01. The summed E-state index contributed by atoms with van der Waals surface area (Å²) in [4.78, 5) is 27.5. The molecule has 148 valence electrons. The summed E-state index contributed by atoms with van der Waals surface area (Å²) < 4.78 is 11.1. The number of aromatic amines is 1. The molecule has 8 heteroatoms. The zero-order chi connectivity index (χ0) is 20.2. The highest BCUT2D eigenvalue weighted by Gasteiger charge is 2.27. The quantitative estimate of drug-likeness (QED) is 0.455. The number of benzene rings is 2. The van der Waals surface area contributed by atoms with E-state index in [4.69, 9.17) is 9.47 Å². The Morgan fingerprint density at radius 3 is 2.79 bits per heavy atom. The summed E-state index contributed by atoms with van der Waals surface area (Å²) in [5, 5.41) is 7.54. The molecule has 8 nitrogen and oxygen atoms in total. The van der Waals surface area contributed by atoms with Crippen LogP contribution < -0.4 is 20.2 Å². The molecule has 0 bridgehead atoms. The average molecular weight is 392 g/mol. The topological polar surface area (TPSA) is 105 Å². The number of fused-ring (bicyclic) bond motifs is 2. The molecule has 1 atom stereocenters. The van der Waals surface area contributed by atoms with E-state index in [0.29, 0.717) is 11.5 Å². The Balaban J connectivity index is 1.28. The SMILES string of the molecule is Cc1[nH]c2ccccc2c1/C=N/NC(=O)CNC(=O)C1COc2ccccc2O1. The normalized spacial score (nSPS) is 15.4. The molecular weight excluding hydrogens is 372 g/mol. The van der Waals surface area contributed by atoms with E-state index in [2.05, 4.69) is 20.8 Å². The number of aryl methyl sites for hydroxylation is 1. The first-order valence-electron chi connectivity index (χ1n) is 9.17. The molecule has 1 aliphatic heterocycles. The predicted molar refractivity (Wildman–Crippen MR) is 108 cm³/mol. The number of amides is 2. The van der Waals surface area contributed by atoms with Gasteiger partial charge in [-0.25, -0.2) is 5.43 Å². The predicted octanol–water partition coefficient (Wildman–Crippen LogP) is 1.88. The van der Waals surface area contributed by atoms with Crippen LogP contribution in [0.4, 0.5) is 0 Å². The first-order valence-corrected chi connectivity index (χ1v) is 9.17. The molecule has 3 aromatic rings. The minimum atomic E-state index is -0.810. The van der Waals surface area contributed by atoms with Crippen molar-refractivity contribution in [1.29, 1.82) is 0 Å². The number of ether oxygens (including phenoxy) is 2. The van der Waals surface area contributed by atoms with Crippen LogP contribution in [0.3, 0.4) is 0 Å². The van der Waals surface area contributed by atoms with Crippen LogP contribution >= 0.6 is 0 Å². The standard InChI is InChI=1S/C21H20N4O4/c1-13-15(14-6-2-3-7-16(14)24-13)10-23-25-20(26)11-22-21(27)19-12-28-17-8-4-5-9-18(17)29-19/h2-10,19,24H,11-12H2,1H3,(H,22,27)(H,25,26)/b23-10+. The lowest BCUT2D eigenvalue weighted by Gasteiger charge is -2.25. The lowest BCUT2D eigenvalue weighted by molar-refractivity contribution is -0.132. The highest BCUT2D eigenvalue weighted by Crippen LogP contribution is 2.30. The summed E-state index contributed by atoms with van der Waals surface area (Å²) in [6, 6.07) is 15.0. The molecule has 29 heavy (non-hydrogen) atoms. The Morgan fingerprint density at radius 1 is 1.17 bits per heavy atom. The molecule has 0 saturated carbocycles. The van der Waals surface area contributed by atoms with Crippen LogP contribution in [0.2, 0.25) is 0 Å². The van der Waals surface area contributed by atoms with Crippen LogP contribution in [0.1, 0.15) is 11.3 Å². The van der Waals surface area contributed by atoms with E-state index in [-0.39, 0.29) is 13.2 Å². The van der Waals surface area contributed by atoms with Gasteiger partial charge in [0.15, 0.2) is 11.5 Å². The lowest BCUT2D eigenvalue weighted by Crippen LogP contribution is -2.46. The van der Waals surface area contributed by atoms with E-state index in [0.717, 1.165) is 22.2 Å². The summed E-state index contributed by atoms with van der Waals surface area (Å²) in [5.41, 5.74) is 5.27. The van der Waals surface area contributed by atoms with Crippen molar-refractivity contribution in [2.75, 3.05) is 13.2 Å². The van der Waals surface area contributed by atoms with Crippen molar-refractivity contribution in [2.24, 2.45) is 5.10 Å². The van der Waals surface area contributed by atoms with Gasteiger partial charge < -0.3 is 19.8 Å². The maximum atomic E-state index is 12.2. The molecule has 3 N–H and O–H groups in total. The van der Waals surface area contributed by atoms with Crippen molar-refractivity contribution in [3.05, 3.63) is 59.8 Å². The smallest absolute Gasteiger partial charge is 0.265 e. The van der Waals surface area contributed by atoms with Gasteiger partial charge in [0.1, 0.15) is 6.61 Å². The van der Waals surface area contributed by atoms with Crippen molar-refractivity contribution in [1.82, 2.24) is 15.7 Å². The number of H-pyrrole nitrogens is 1. The van der Waals surface area contributed by atoms with Gasteiger partial charge in [-0.05, 0) is 25.1 Å². The summed E-state index contributed by atoms with van der Waals surface area (Å²) in [6.45, 7) is 1.81. The Labute approximate surface area is 166 Å². The fraction of sp³-hybridized carbons (Fsp3) is 0.190. The Bertz CT molecular complexity index is 1090. The number of hydrogen-bond donors (Lipinski definition) is 3. The number of hydrogen-bond acceptors (Lipinski definition) is 5. The third-order valence-corrected chi connectivity index (χ3v) is 4.55. The molecule has 4 rings (SSSR count). The van der Waals surface area contributed by atoms with Crippen LogP contribution in [-0.4, -0.2) is 42.3 Å². The van der Waals surface area contributed by atoms with Gasteiger partial charge in [-0.15, -0.1) is 0 Å². The van der Waals surface area contributed by atoms with Crippen LogP contribution in [-0.2, 0) is 9.59 Å². The molecule has 0 radical (unpaired) electrons. The minimum Gasteiger partial charge on any atom is -0.485 e. The number of rotatable bonds is 5. The van der Waals surface area contributed by atoms with Gasteiger partial charge in [-0.1, -0.05) is 30.3 Å². The van der Waals surface area contributed by atoms with Crippen LogP contribution in [0.5, 0.6) is 11.5 Å². The molecule has 1 aliphatic rings. The molecule has 0 aliphatic carbocycles. The average Bonchev–Trinajstić information content (AvgIpc) is 3.07. The van der Waals surface area contributed by atoms with Crippen molar-refractivity contribution >= 4 is 28.9 Å². The minimum absolute atomic E-state index is 0.0858. The van der Waals surface area contributed by atoms with E-state index in [1.807, 2.05) is 37.3 Å². The highest BCUT2D eigenvalue weighted by atomic mass is 16.6. The molecule has 2 heterocycles. The summed E-state index contributed by atoms with van der Waals surface area (Å²) in [6.07, 6.45) is 0.776. The molecule has 0 fully saturated rings. The van der Waals surface area contributed by atoms with E-state index in [1.54, 1.807) is 24.4 Å². The fourth-order valence-corrected chi connectivity index (χ4v) is 3.10. The number of para-hydroxylation sites is 3. The van der Waals surface area contributed by atoms with Gasteiger partial charge in [-0.2, -0.15) is 5.10 Å². The van der Waals surface area contributed by atoms with Gasteiger partial charge in [0.25, 0.3) is 11.8 Å². The Kier molecular flexibility index (Phi) is 5.15. The number of carbonyl (C=O) groups is 2. The van der Waals surface area contributed by atoms with Crippen LogP contribution in [0.25, 0.3) is 10.9 Å². The second kappa shape index (κ2) is 8.05. The molecular formula is C21H20N4O4. The van der Waals surface area contributed by atoms with Gasteiger partial charge in [0.05, 0.1) is 12.8 Å². The molecule has 1 unspecified atom stereocenters. The van der Waals surface area contributed by atoms with Crippen molar-refractivity contribution in [3.8, 4) is 11.5 Å². The number of hydrazone groups is 1. The van der Waals surface area contributed by atoms with Crippen molar-refractivity contribution in [3.63, 3.8) is 0 Å². The third kappa shape index (κ3) is 4.06. The van der Waals surface area contributed by atoms with Gasteiger partial charge in [0.2, 0.25) is 6.10 Å². The van der Waals surface area contributed by atoms with Crippen LogP contribution in [0.15, 0.2) is 53.6 Å². The summed E-state index contributed by atoms with van der Waals surface area (Å²) in [5.74, 6) is 0.230. The molecule has 2 aromatic carbocycles. The number of carbonyl (C=O) groups excluding carboxylic acids is 2. The number of nitrogens with zero attached hydrogens (tertiary/aromatic N) is 1. The maximum Gasteiger partial charge on any atom is 0.265 e. The molecule has 1 aromatic heterocycles. The molecule has 0 spiro atoms. The Morgan fingerprint density at radius 2 is 1.93 bits per heavy atom. The summed E-state index contributed by atoms with van der Waals surface area (Å²) >= 11 is 0. The summed E-state index contributed by atoms with van der Waals surface area (Å²) in [7, 11) is 0. The number of aromatic nitrogens is 1. The monoisotopic (exact) mass is 392 g/mol. The van der Waals surface area contributed by atoms with Gasteiger partial charge >= 0.3 is 0 Å². The lowest BCUT2D eigenvalue weighted by atomic mass is 10.1. The second-order valence-corrected chi connectivity index (χ2v) is 6.58. The van der Waals surface area contributed by atoms with Gasteiger partial charge in [0, 0.05) is 22.2 Å². The second-order valence-electron chi connectivity index (χ2n) is 6.58. The fourth-order valence-electron chi connectivity index (χ4n) is 3.10. The zero-order valence-corrected chi connectivity index (χ0v) is 15.8. The third-order valence-electron chi connectivity index (χ3n) is 4.55. The van der Waals surface area contributed by atoms with E-state index in [1.165, 1.54) is 0 Å². The zero-order valence-electron chi connectivity index (χ0n) is 15.8. The van der Waals surface area contributed by atoms with E-state index >= 15 is 0 Å². The molecule has 0 saturated heterocycles. The molecule has 2 amide bonds.